The number of pyridine rings is 1. The third-order valence-electron chi connectivity index (χ3n) is 2.53. The van der Waals surface area contributed by atoms with E-state index in [0.29, 0.717) is 11.5 Å². The van der Waals surface area contributed by atoms with Gasteiger partial charge in [-0.3, -0.25) is 5.32 Å². The van der Waals surface area contributed by atoms with Gasteiger partial charge in [-0.15, -0.1) is 0 Å². The second-order valence-corrected chi connectivity index (χ2v) is 6.61. The van der Waals surface area contributed by atoms with E-state index in [1.54, 1.807) is 18.3 Å². The number of halogens is 1. The predicted molar refractivity (Wildman–Crippen MR) is 91.5 cm³/mol. The molecule has 0 saturated carbocycles. The summed E-state index contributed by atoms with van der Waals surface area (Å²) in [5.41, 5.74) is 0.986. The van der Waals surface area contributed by atoms with Gasteiger partial charge in [0.25, 0.3) is 0 Å². The molecule has 1 aromatic carbocycles. The molecule has 1 amide bonds. The van der Waals surface area contributed by atoms with E-state index in [2.05, 4.69) is 31.5 Å². The van der Waals surface area contributed by atoms with Gasteiger partial charge in [0.15, 0.2) is 0 Å². The number of hydrogen-bond acceptors (Lipinski definition) is 4. The maximum Gasteiger partial charge on any atom is 0.412 e. The molecule has 0 atom stereocenters. The molecule has 0 unspecified atom stereocenters. The van der Waals surface area contributed by atoms with Crippen LogP contribution >= 0.6 is 15.9 Å². The van der Waals surface area contributed by atoms with E-state index < -0.39 is 11.7 Å². The van der Waals surface area contributed by atoms with E-state index in [1.807, 2.05) is 45.0 Å². The van der Waals surface area contributed by atoms with Gasteiger partial charge in [-0.25, -0.2) is 9.78 Å². The third-order valence-corrected chi connectivity index (χ3v) is 3.05. The first kappa shape index (κ1) is 16.3. The summed E-state index contributed by atoms with van der Waals surface area (Å²) in [6, 6.07) is 11.3. The molecule has 1 heterocycles. The summed E-state index contributed by atoms with van der Waals surface area (Å²) >= 11 is 3.39. The maximum atomic E-state index is 11.7. The Bertz CT molecular complexity index is 634. The summed E-state index contributed by atoms with van der Waals surface area (Å²) in [5, 5.41) is 5.81. The molecule has 0 aliphatic rings. The highest BCUT2D eigenvalue weighted by atomic mass is 79.9. The van der Waals surface area contributed by atoms with E-state index in [1.165, 1.54) is 0 Å². The van der Waals surface area contributed by atoms with Crippen LogP contribution in [-0.2, 0) is 4.74 Å². The van der Waals surface area contributed by atoms with E-state index in [-0.39, 0.29) is 0 Å². The summed E-state index contributed by atoms with van der Waals surface area (Å²) in [5.74, 6) is 0.692. The molecule has 0 aliphatic carbocycles. The van der Waals surface area contributed by atoms with Crippen molar-refractivity contribution in [3.63, 3.8) is 0 Å². The SMILES string of the molecule is CC(C)(C)OC(=O)Nc1ccc(Nc2ccc(Br)cc2)nc1. The number of carbonyl (C=O) groups excluding carboxylic acids is 1. The molecule has 1 aromatic heterocycles. The van der Waals surface area contributed by atoms with Crippen LogP contribution in [0.3, 0.4) is 0 Å². The topological polar surface area (TPSA) is 63.2 Å². The number of nitrogens with one attached hydrogen (secondary N) is 2. The molecule has 0 radical (unpaired) electrons. The summed E-state index contributed by atoms with van der Waals surface area (Å²) in [7, 11) is 0. The van der Waals surface area contributed by atoms with E-state index in [0.717, 1.165) is 10.2 Å². The summed E-state index contributed by atoms with van der Waals surface area (Å²) < 4.78 is 6.20. The van der Waals surface area contributed by atoms with E-state index in [9.17, 15) is 4.79 Å². The highest BCUT2D eigenvalue weighted by molar-refractivity contribution is 9.10. The molecule has 0 spiro atoms. The molecule has 2 rings (SSSR count). The highest BCUT2D eigenvalue weighted by Crippen LogP contribution is 2.19. The van der Waals surface area contributed by atoms with Crippen LogP contribution in [0.1, 0.15) is 20.8 Å². The largest absolute Gasteiger partial charge is 0.444 e. The Morgan fingerprint density at radius 1 is 1.09 bits per heavy atom. The summed E-state index contributed by atoms with van der Waals surface area (Å²) in [4.78, 5) is 15.9. The zero-order chi connectivity index (χ0) is 16.2. The number of ether oxygens (including phenoxy) is 1. The lowest BCUT2D eigenvalue weighted by Gasteiger charge is -2.19. The van der Waals surface area contributed by atoms with Gasteiger partial charge >= 0.3 is 6.09 Å². The quantitative estimate of drug-likeness (QED) is 0.810. The van der Waals surface area contributed by atoms with Crippen LogP contribution in [0, 0.1) is 0 Å². The molecule has 0 saturated heterocycles. The number of benzene rings is 1. The van der Waals surface area contributed by atoms with Crippen molar-refractivity contribution in [3.05, 3.63) is 47.1 Å². The Morgan fingerprint density at radius 2 is 1.73 bits per heavy atom. The summed E-state index contributed by atoms with van der Waals surface area (Å²) in [6.45, 7) is 5.45. The second-order valence-electron chi connectivity index (χ2n) is 5.69. The van der Waals surface area contributed by atoms with Crippen molar-refractivity contribution >= 4 is 39.2 Å². The van der Waals surface area contributed by atoms with Crippen LogP contribution in [0.25, 0.3) is 0 Å². The lowest BCUT2D eigenvalue weighted by Crippen LogP contribution is -2.27. The minimum atomic E-state index is -0.527. The Labute approximate surface area is 138 Å². The molecule has 116 valence electrons. The fourth-order valence-corrected chi connectivity index (χ4v) is 1.91. The minimum Gasteiger partial charge on any atom is -0.444 e. The minimum absolute atomic E-state index is 0.497. The number of aromatic nitrogens is 1. The molecule has 0 fully saturated rings. The molecule has 0 aliphatic heterocycles. The standard InChI is InChI=1S/C16H18BrN3O2/c1-16(2,3)22-15(21)20-13-8-9-14(18-10-13)19-12-6-4-11(17)5-7-12/h4-10H,1-3H3,(H,18,19)(H,20,21). The molecular formula is C16H18BrN3O2. The zero-order valence-electron chi connectivity index (χ0n) is 12.7. The second kappa shape index (κ2) is 6.79. The van der Waals surface area contributed by atoms with Crippen molar-refractivity contribution in [2.24, 2.45) is 0 Å². The molecular weight excluding hydrogens is 346 g/mol. The normalized spacial score (nSPS) is 10.9. The first-order chi connectivity index (χ1) is 10.3. The van der Waals surface area contributed by atoms with Crippen molar-refractivity contribution in [1.29, 1.82) is 0 Å². The number of anilines is 3. The van der Waals surface area contributed by atoms with Gasteiger partial charge in [-0.05, 0) is 57.2 Å². The Hall–Kier alpha value is -2.08. The Morgan fingerprint density at radius 3 is 2.27 bits per heavy atom. The van der Waals surface area contributed by atoms with Crippen molar-refractivity contribution in [1.82, 2.24) is 4.98 Å². The fourth-order valence-electron chi connectivity index (χ4n) is 1.64. The van der Waals surface area contributed by atoms with Gasteiger partial charge in [0.05, 0.1) is 11.9 Å². The van der Waals surface area contributed by atoms with Gasteiger partial charge < -0.3 is 10.1 Å². The van der Waals surface area contributed by atoms with Gasteiger partial charge in [0, 0.05) is 10.2 Å². The van der Waals surface area contributed by atoms with Gasteiger partial charge in [-0.1, -0.05) is 15.9 Å². The lowest BCUT2D eigenvalue weighted by atomic mass is 10.2. The van der Waals surface area contributed by atoms with Gasteiger partial charge in [0.1, 0.15) is 11.4 Å². The van der Waals surface area contributed by atoms with Crippen LogP contribution in [0.15, 0.2) is 47.1 Å². The van der Waals surface area contributed by atoms with Crippen molar-refractivity contribution in [2.45, 2.75) is 26.4 Å². The smallest absolute Gasteiger partial charge is 0.412 e. The zero-order valence-corrected chi connectivity index (χ0v) is 14.3. The first-order valence-corrected chi connectivity index (χ1v) is 7.60. The van der Waals surface area contributed by atoms with Gasteiger partial charge in [0.2, 0.25) is 0 Å². The van der Waals surface area contributed by atoms with Crippen molar-refractivity contribution in [2.75, 3.05) is 10.6 Å². The first-order valence-electron chi connectivity index (χ1n) is 6.80. The molecule has 2 aromatic rings. The molecule has 5 nitrogen and oxygen atoms in total. The number of nitrogens with zero attached hydrogens (tertiary/aromatic N) is 1. The number of rotatable bonds is 3. The summed E-state index contributed by atoms with van der Waals surface area (Å²) in [6.07, 6.45) is 1.08. The van der Waals surface area contributed by atoms with E-state index in [4.69, 9.17) is 4.74 Å². The Kier molecular flexibility index (Phi) is 5.03. The average molecular weight is 364 g/mol. The molecule has 2 N–H and O–H groups in total. The number of amides is 1. The van der Waals surface area contributed by atoms with Gasteiger partial charge in [-0.2, -0.15) is 0 Å². The average Bonchev–Trinajstić information content (AvgIpc) is 2.41. The predicted octanol–water partition coefficient (Wildman–Crippen LogP) is 4.93. The monoisotopic (exact) mass is 363 g/mol. The highest BCUT2D eigenvalue weighted by Gasteiger charge is 2.16. The van der Waals surface area contributed by atoms with Crippen LogP contribution in [0.5, 0.6) is 0 Å². The molecule has 0 bridgehead atoms. The van der Waals surface area contributed by atoms with Crippen LogP contribution in [0.4, 0.5) is 22.0 Å². The molecule has 22 heavy (non-hydrogen) atoms. The third kappa shape index (κ3) is 5.37. The molecule has 6 heteroatoms. The van der Waals surface area contributed by atoms with Crippen LogP contribution in [0.2, 0.25) is 0 Å². The van der Waals surface area contributed by atoms with Crippen LogP contribution in [-0.4, -0.2) is 16.7 Å². The van der Waals surface area contributed by atoms with Crippen molar-refractivity contribution in [3.8, 4) is 0 Å². The number of carbonyl (C=O) groups is 1. The van der Waals surface area contributed by atoms with Crippen molar-refractivity contribution < 1.29 is 9.53 Å². The Balaban J connectivity index is 1.95. The fraction of sp³-hybridized carbons (Fsp3) is 0.250. The lowest BCUT2D eigenvalue weighted by molar-refractivity contribution is 0.0636. The van der Waals surface area contributed by atoms with Crippen LogP contribution < -0.4 is 10.6 Å². The maximum absolute atomic E-state index is 11.7. The van der Waals surface area contributed by atoms with E-state index >= 15 is 0 Å². The number of hydrogen-bond donors (Lipinski definition) is 2.